The van der Waals surface area contributed by atoms with Crippen LogP contribution in [-0.2, 0) is 0 Å². The van der Waals surface area contributed by atoms with Gasteiger partial charge in [-0.25, -0.2) is 9.97 Å². The van der Waals surface area contributed by atoms with Gasteiger partial charge in [0, 0.05) is 25.2 Å². The summed E-state index contributed by atoms with van der Waals surface area (Å²) in [4.78, 5) is 8.55. The highest BCUT2D eigenvalue weighted by Gasteiger charge is 2.16. The predicted octanol–water partition coefficient (Wildman–Crippen LogP) is 2.10. The molecule has 1 fully saturated rings. The Morgan fingerprint density at radius 1 is 1.37 bits per heavy atom. The van der Waals surface area contributed by atoms with Gasteiger partial charge in [-0.1, -0.05) is 20.8 Å². The predicted molar refractivity (Wildman–Crippen MR) is 79.5 cm³/mol. The SMILES string of the molecule is CCC(C)(C)CNc1cc(NC2CCNC2)ncn1. The molecule has 1 atom stereocenters. The van der Waals surface area contributed by atoms with E-state index < -0.39 is 0 Å². The van der Waals surface area contributed by atoms with Crippen molar-refractivity contribution in [3.05, 3.63) is 12.4 Å². The molecule has 1 saturated heterocycles. The molecule has 3 N–H and O–H groups in total. The van der Waals surface area contributed by atoms with Gasteiger partial charge in [0.15, 0.2) is 0 Å². The summed E-state index contributed by atoms with van der Waals surface area (Å²) in [6.45, 7) is 9.73. The minimum absolute atomic E-state index is 0.286. The topological polar surface area (TPSA) is 61.9 Å². The van der Waals surface area contributed by atoms with Crippen LogP contribution in [0.4, 0.5) is 11.6 Å². The Balaban J connectivity index is 1.91. The zero-order valence-corrected chi connectivity index (χ0v) is 12.2. The van der Waals surface area contributed by atoms with Crippen LogP contribution in [0, 0.1) is 5.41 Å². The van der Waals surface area contributed by atoms with Crippen molar-refractivity contribution >= 4 is 11.6 Å². The molecule has 0 saturated carbocycles. The van der Waals surface area contributed by atoms with Crippen LogP contribution < -0.4 is 16.0 Å². The van der Waals surface area contributed by atoms with Crippen LogP contribution in [0.25, 0.3) is 0 Å². The van der Waals surface area contributed by atoms with Gasteiger partial charge in [0.1, 0.15) is 18.0 Å². The fraction of sp³-hybridized carbons (Fsp3) is 0.714. The molecule has 0 spiro atoms. The highest BCUT2D eigenvalue weighted by atomic mass is 15.1. The standard InChI is InChI=1S/C14H25N5/c1-4-14(2,3)9-16-12-7-13(18-10-17-12)19-11-5-6-15-8-11/h7,10-11,15H,4-6,8-9H2,1-3H3,(H2,16,17,18,19). The van der Waals surface area contributed by atoms with E-state index in [9.17, 15) is 0 Å². The number of rotatable bonds is 6. The Bertz CT molecular complexity index is 399. The summed E-state index contributed by atoms with van der Waals surface area (Å²) in [7, 11) is 0. The van der Waals surface area contributed by atoms with Crippen molar-refractivity contribution in [2.24, 2.45) is 5.41 Å². The van der Waals surface area contributed by atoms with Crippen LogP contribution in [0.3, 0.4) is 0 Å². The Morgan fingerprint density at radius 2 is 2.16 bits per heavy atom. The lowest BCUT2D eigenvalue weighted by Crippen LogP contribution is -2.24. The Labute approximate surface area is 115 Å². The summed E-state index contributed by atoms with van der Waals surface area (Å²) >= 11 is 0. The van der Waals surface area contributed by atoms with Crippen molar-refractivity contribution in [1.29, 1.82) is 0 Å². The highest BCUT2D eigenvalue weighted by molar-refractivity contribution is 5.47. The molecule has 2 rings (SSSR count). The van der Waals surface area contributed by atoms with Gasteiger partial charge >= 0.3 is 0 Å². The van der Waals surface area contributed by atoms with Crippen molar-refractivity contribution < 1.29 is 0 Å². The third-order valence-electron chi connectivity index (χ3n) is 3.78. The average Bonchev–Trinajstić information content (AvgIpc) is 2.90. The second-order valence-electron chi connectivity index (χ2n) is 5.99. The zero-order valence-electron chi connectivity index (χ0n) is 12.2. The molecule has 0 radical (unpaired) electrons. The van der Waals surface area contributed by atoms with Gasteiger partial charge in [-0.2, -0.15) is 0 Å². The van der Waals surface area contributed by atoms with Crippen molar-refractivity contribution in [3.63, 3.8) is 0 Å². The number of hydrogen-bond acceptors (Lipinski definition) is 5. The van der Waals surface area contributed by atoms with E-state index in [1.807, 2.05) is 6.07 Å². The first kappa shape index (κ1) is 14.1. The van der Waals surface area contributed by atoms with Gasteiger partial charge in [-0.3, -0.25) is 0 Å². The number of nitrogens with one attached hydrogen (secondary N) is 3. The average molecular weight is 263 g/mol. The fourth-order valence-corrected chi connectivity index (χ4v) is 1.97. The second kappa shape index (κ2) is 6.19. The molecule has 0 aromatic carbocycles. The van der Waals surface area contributed by atoms with Crippen molar-refractivity contribution in [1.82, 2.24) is 15.3 Å². The Kier molecular flexibility index (Phi) is 4.58. The second-order valence-corrected chi connectivity index (χ2v) is 5.99. The summed E-state index contributed by atoms with van der Waals surface area (Å²) < 4.78 is 0. The van der Waals surface area contributed by atoms with Crippen molar-refractivity contribution in [3.8, 4) is 0 Å². The lowest BCUT2D eigenvalue weighted by Gasteiger charge is -2.23. The minimum atomic E-state index is 0.286. The van der Waals surface area contributed by atoms with Crippen LogP contribution in [0.1, 0.15) is 33.6 Å². The van der Waals surface area contributed by atoms with Gasteiger partial charge in [-0.15, -0.1) is 0 Å². The quantitative estimate of drug-likeness (QED) is 0.733. The van der Waals surface area contributed by atoms with E-state index in [1.165, 1.54) is 0 Å². The largest absolute Gasteiger partial charge is 0.369 e. The fourth-order valence-electron chi connectivity index (χ4n) is 1.97. The number of aromatic nitrogens is 2. The molecule has 0 aliphatic carbocycles. The molecular weight excluding hydrogens is 238 g/mol. The zero-order chi connectivity index (χ0) is 13.7. The third kappa shape index (κ3) is 4.35. The monoisotopic (exact) mass is 263 g/mol. The molecule has 106 valence electrons. The first-order valence-electron chi connectivity index (χ1n) is 7.12. The van der Waals surface area contributed by atoms with E-state index in [-0.39, 0.29) is 5.41 Å². The van der Waals surface area contributed by atoms with Gasteiger partial charge in [-0.05, 0) is 24.8 Å². The molecule has 19 heavy (non-hydrogen) atoms. The van der Waals surface area contributed by atoms with Crippen LogP contribution in [0.2, 0.25) is 0 Å². The first-order chi connectivity index (χ1) is 9.09. The molecule has 1 aliphatic rings. The summed E-state index contributed by atoms with van der Waals surface area (Å²) in [5, 5.41) is 10.2. The van der Waals surface area contributed by atoms with Gasteiger partial charge < -0.3 is 16.0 Å². The van der Waals surface area contributed by atoms with E-state index in [4.69, 9.17) is 0 Å². The molecule has 2 heterocycles. The number of hydrogen-bond donors (Lipinski definition) is 3. The van der Waals surface area contributed by atoms with Gasteiger partial charge in [0.05, 0.1) is 0 Å². The maximum absolute atomic E-state index is 4.28. The normalized spacial score (nSPS) is 19.4. The van der Waals surface area contributed by atoms with E-state index in [2.05, 4.69) is 46.7 Å². The van der Waals surface area contributed by atoms with E-state index in [0.717, 1.165) is 44.1 Å². The molecule has 1 aromatic rings. The van der Waals surface area contributed by atoms with Crippen LogP contribution in [0.15, 0.2) is 12.4 Å². The van der Waals surface area contributed by atoms with Crippen molar-refractivity contribution in [2.45, 2.75) is 39.7 Å². The third-order valence-corrected chi connectivity index (χ3v) is 3.78. The molecular formula is C14H25N5. The molecule has 0 amide bonds. The highest BCUT2D eigenvalue weighted by Crippen LogP contribution is 2.20. The maximum atomic E-state index is 4.28. The Hall–Kier alpha value is -1.36. The molecule has 5 nitrogen and oxygen atoms in total. The minimum Gasteiger partial charge on any atom is -0.369 e. The summed E-state index contributed by atoms with van der Waals surface area (Å²) in [6.07, 6.45) is 3.91. The van der Waals surface area contributed by atoms with Crippen LogP contribution >= 0.6 is 0 Å². The van der Waals surface area contributed by atoms with E-state index in [0.29, 0.717) is 6.04 Å². The summed E-state index contributed by atoms with van der Waals surface area (Å²) in [6, 6.07) is 2.47. The molecule has 1 aromatic heterocycles. The van der Waals surface area contributed by atoms with Gasteiger partial charge in [0.25, 0.3) is 0 Å². The molecule has 1 aliphatic heterocycles. The van der Waals surface area contributed by atoms with Gasteiger partial charge in [0.2, 0.25) is 0 Å². The van der Waals surface area contributed by atoms with Crippen LogP contribution in [0.5, 0.6) is 0 Å². The first-order valence-corrected chi connectivity index (χ1v) is 7.12. The lowest BCUT2D eigenvalue weighted by molar-refractivity contribution is 0.376. The van der Waals surface area contributed by atoms with Crippen molar-refractivity contribution in [2.75, 3.05) is 30.3 Å². The molecule has 1 unspecified atom stereocenters. The molecule has 0 bridgehead atoms. The lowest BCUT2D eigenvalue weighted by atomic mass is 9.90. The maximum Gasteiger partial charge on any atom is 0.131 e. The van der Waals surface area contributed by atoms with E-state index >= 15 is 0 Å². The number of nitrogens with zero attached hydrogens (tertiary/aromatic N) is 2. The molecule has 5 heteroatoms. The van der Waals surface area contributed by atoms with Crippen LogP contribution in [-0.4, -0.2) is 35.6 Å². The summed E-state index contributed by atoms with van der Waals surface area (Å²) in [5.41, 5.74) is 0.286. The smallest absolute Gasteiger partial charge is 0.131 e. The summed E-state index contributed by atoms with van der Waals surface area (Å²) in [5.74, 6) is 1.80. The van der Waals surface area contributed by atoms with E-state index in [1.54, 1.807) is 6.33 Å². The number of anilines is 2. The Morgan fingerprint density at radius 3 is 2.84 bits per heavy atom.